The molecule has 0 bridgehead atoms. The van der Waals surface area contributed by atoms with Gasteiger partial charge in [-0.2, -0.15) is 0 Å². The molecule has 1 unspecified atom stereocenters. The first kappa shape index (κ1) is 13.4. The fourth-order valence-corrected chi connectivity index (χ4v) is 2.34. The van der Waals surface area contributed by atoms with E-state index in [1.807, 2.05) is 12.1 Å². The minimum Gasteiger partial charge on any atom is -0.469 e. The number of amides is 1. The van der Waals surface area contributed by atoms with Crippen molar-refractivity contribution >= 4 is 17.6 Å². The van der Waals surface area contributed by atoms with Gasteiger partial charge in [-0.3, -0.25) is 9.59 Å². The smallest absolute Gasteiger partial charge is 0.310 e. The number of hydrogen-bond acceptors (Lipinski definition) is 4. The Kier molecular flexibility index (Phi) is 4.04. The Balaban J connectivity index is 1.93. The van der Waals surface area contributed by atoms with Gasteiger partial charge in [0.25, 0.3) is 0 Å². The second kappa shape index (κ2) is 5.73. The summed E-state index contributed by atoms with van der Waals surface area (Å²) in [5.74, 6) is -0.397. The average molecular weight is 262 g/mol. The first-order valence-corrected chi connectivity index (χ1v) is 6.30. The largest absolute Gasteiger partial charge is 0.469 e. The molecule has 1 heterocycles. The molecule has 1 fully saturated rings. The number of ether oxygens (including phenoxy) is 1. The molecule has 1 atom stereocenters. The quantitative estimate of drug-likeness (QED) is 0.647. The third kappa shape index (κ3) is 3.24. The molecule has 1 saturated heterocycles. The molecule has 2 N–H and O–H groups in total. The SMILES string of the molecule is COC(=O)C1CCN(C(=O)Cc2cccc(N)c2)C1. The molecule has 0 aliphatic carbocycles. The number of likely N-dealkylation sites (tertiary alicyclic amines) is 1. The van der Waals surface area contributed by atoms with Gasteiger partial charge in [-0.25, -0.2) is 0 Å². The molecule has 5 nitrogen and oxygen atoms in total. The standard InChI is InChI=1S/C14H18N2O3/c1-19-14(18)11-5-6-16(9-11)13(17)8-10-3-2-4-12(15)7-10/h2-4,7,11H,5-6,8-9,15H2,1H3. The lowest BCUT2D eigenvalue weighted by Crippen LogP contribution is -2.31. The Bertz CT molecular complexity index is 487. The predicted molar refractivity (Wildman–Crippen MR) is 71.3 cm³/mol. The van der Waals surface area contributed by atoms with E-state index in [1.165, 1.54) is 7.11 Å². The first-order chi connectivity index (χ1) is 9.10. The van der Waals surface area contributed by atoms with Gasteiger partial charge in [0.05, 0.1) is 19.4 Å². The van der Waals surface area contributed by atoms with Crippen LogP contribution in [0.5, 0.6) is 0 Å². The van der Waals surface area contributed by atoms with E-state index < -0.39 is 0 Å². The molecule has 2 rings (SSSR count). The fourth-order valence-electron chi connectivity index (χ4n) is 2.34. The zero-order valence-electron chi connectivity index (χ0n) is 11.0. The zero-order valence-corrected chi connectivity index (χ0v) is 11.0. The number of nitrogens with zero attached hydrogens (tertiary/aromatic N) is 1. The maximum atomic E-state index is 12.1. The topological polar surface area (TPSA) is 72.6 Å². The van der Waals surface area contributed by atoms with Gasteiger partial charge in [-0.05, 0) is 24.1 Å². The van der Waals surface area contributed by atoms with Gasteiger partial charge < -0.3 is 15.4 Å². The molecule has 1 amide bonds. The molecule has 19 heavy (non-hydrogen) atoms. The monoisotopic (exact) mass is 262 g/mol. The van der Waals surface area contributed by atoms with E-state index in [4.69, 9.17) is 10.5 Å². The van der Waals surface area contributed by atoms with E-state index >= 15 is 0 Å². The van der Waals surface area contributed by atoms with Gasteiger partial charge in [0.15, 0.2) is 0 Å². The molecule has 0 saturated carbocycles. The van der Waals surface area contributed by atoms with E-state index in [1.54, 1.807) is 17.0 Å². The van der Waals surface area contributed by atoms with Crippen LogP contribution in [0.25, 0.3) is 0 Å². The van der Waals surface area contributed by atoms with E-state index in [2.05, 4.69) is 0 Å². The Morgan fingerprint density at radius 1 is 1.47 bits per heavy atom. The summed E-state index contributed by atoms with van der Waals surface area (Å²) in [7, 11) is 1.37. The lowest BCUT2D eigenvalue weighted by atomic mass is 10.1. The highest BCUT2D eigenvalue weighted by molar-refractivity contribution is 5.81. The van der Waals surface area contributed by atoms with Gasteiger partial charge in [0.2, 0.25) is 5.91 Å². The van der Waals surface area contributed by atoms with Crippen molar-refractivity contribution in [2.75, 3.05) is 25.9 Å². The van der Waals surface area contributed by atoms with Crippen molar-refractivity contribution in [1.82, 2.24) is 4.90 Å². The van der Waals surface area contributed by atoms with Crippen LogP contribution in [-0.4, -0.2) is 37.0 Å². The maximum Gasteiger partial charge on any atom is 0.310 e. The van der Waals surface area contributed by atoms with Crippen molar-refractivity contribution in [1.29, 1.82) is 0 Å². The number of hydrogen-bond donors (Lipinski definition) is 1. The van der Waals surface area contributed by atoms with E-state index in [9.17, 15) is 9.59 Å². The summed E-state index contributed by atoms with van der Waals surface area (Å²) in [6, 6.07) is 7.30. The lowest BCUT2D eigenvalue weighted by Gasteiger charge is -2.16. The number of nitrogens with two attached hydrogens (primary N) is 1. The minimum absolute atomic E-state index is 0.0250. The summed E-state index contributed by atoms with van der Waals surface area (Å²) >= 11 is 0. The van der Waals surface area contributed by atoms with E-state index in [0.29, 0.717) is 31.6 Å². The number of rotatable bonds is 3. The number of benzene rings is 1. The van der Waals surface area contributed by atoms with Gasteiger partial charge in [-0.15, -0.1) is 0 Å². The minimum atomic E-state index is -0.237. The normalized spacial score (nSPS) is 18.4. The molecule has 1 aliphatic heterocycles. The van der Waals surface area contributed by atoms with Crippen molar-refractivity contribution in [3.63, 3.8) is 0 Å². The number of carbonyl (C=O) groups is 2. The van der Waals surface area contributed by atoms with E-state index in [-0.39, 0.29) is 17.8 Å². The summed E-state index contributed by atoms with van der Waals surface area (Å²) in [4.78, 5) is 25.2. The van der Waals surface area contributed by atoms with Crippen LogP contribution in [-0.2, 0) is 20.7 Å². The molecule has 0 aromatic heterocycles. The fraction of sp³-hybridized carbons (Fsp3) is 0.429. The molecule has 1 aromatic carbocycles. The predicted octanol–water partition coefficient (Wildman–Crippen LogP) is 0.833. The molecule has 1 aromatic rings. The lowest BCUT2D eigenvalue weighted by molar-refractivity contribution is -0.145. The molecule has 0 spiro atoms. The van der Waals surface area contributed by atoms with E-state index in [0.717, 1.165) is 5.56 Å². The molecule has 1 aliphatic rings. The summed E-state index contributed by atoms with van der Waals surface area (Å²) in [5.41, 5.74) is 7.23. The second-order valence-corrected chi connectivity index (χ2v) is 4.77. The van der Waals surface area contributed by atoms with Crippen LogP contribution < -0.4 is 5.73 Å². The van der Waals surface area contributed by atoms with Gasteiger partial charge in [0.1, 0.15) is 0 Å². The number of anilines is 1. The highest BCUT2D eigenvalue weighted by Gasteiger charge is 2.31. The Labute approximate surface area is 112 Å². The van der Waals surface area contributed by atoms with Crippen LogP contribution in [0.1, 0.15) is 12.0 Å². The van der Waals surface area contributed by atoms with Crippen LogP contribution in [0.3, 0.4) is 0 Å². The summed E-state index contributed by atoms with van der Waals surface area (Å²) in [6.45, 7) is 1.06. The Morgan fingerprint density at radius 3 is 2.95 bits per heavy atom. The van der Waals surface area contributed by atoms with Gasteiger partial charge in [0, 0.05) is 18.8 Å². The second-order valence-electron chi connectivity index (χ2n) is 4.77. The molecule has 0 radical (unpaired) electrons. The average Bonchev–Trinajstić information content (AvgIpc) is 2.87. The summed E-state index contributed by atoms with van der Waals surface area (Å²) in [5, 5.41) is 0. The summed E-state index contributed by atoms with van der Waals surface area (Å²) < 4.78 is 4.70. The van der Waals surface area contributed by atoms with Crippen molar-refractivity contribution < 1.29 is 14.3 Å². The van der Waals surface area contributed by atoms with Crippen molar-refractivity contribution in [2.24, 2.45) is 5.92 Å². The third-order valence-electron chi connectivity index (χ3n) is 3.38. The van der Waals surface area contributed by atoms with Crippen LogP contribution in [0, 0.1) is 5.92 Å². The molecule has 5 heteroatoms. The van der Waals surface area contributed by atoms with Gasteiger partial charge in [-0.1, -0.05) is 12.1 Å². The molecular weight excluding hydrogens is 244 g/mol. The van der Waals surface area contributed by atoms with Crippen molar-refractivity contribution in [3.05, 3.63) is 29.8 Å². The number of carbonyl (C=O) groups excluding carboxylic acids is 2. The maximum absolute atomic E-state index is 12.1. The van der Waals surface area contributed by atoms with Crippen LogP contribution in [0.4, 0.5) is 5.69 Å². The van der Waals surface area contributed by atoms with Crippen molar-refractivity contribution in [3.8, 4) is 0 Å². The van der Waals surface area contributed by atoms with Crippen LogP contribution >= 0.6 is 0 Å². The highest BCUT2D eigenvalue weighted by atomic mass is 16.5. The first-order valence-electron chi connectivity index (χ1n) is 6.30. The van der Waals surface area contributed by atoms with Crippen LogP contribution in [0.15, 0.2) is 24.3 Å². The number of esters is 1. The molecular formula is C14H18N2O3. The molecule has 102 valence electrons. The highest BCUT2D eigenvalue weighted by Crippen LogP contribution is 2.19. The van der Waals surface area contributed by atoms with Crippen LogP contribution in [0.2, 0.25) is 0 Å². The third-order valence-corrected chi connectivity index (χ3v) is 3.38. The van der Waals surface area contributed by atoms with Crippen molar-refractivity contribution in [2.45, 2.75) is 12.8 Å². The Morgan fingerprint density at radius 2 is 2.26 bits per heavy atom. The Hall–Kier alpha value is -2.04. The number of methoxy groups -OCH3 is 1. The van der Waals surface area contributed by atoms with Gasteiger partial charge >= 0.3 is 5.97 Å². The summed E-state index contributed by atoms with van der Waals surface area (Å²) in [6.07, 6.45) is 0.994. The number of nitrogen functional groups attached to an aromatic ring is 1. The zero-order chi connectivity index (χ0) is 13.8.